The van der Waals surface area contributed by atoms with Crippen molar-refractivity contribution in [2.24, 2.45) is 5.92 Å². The number of carbonyl (C=O) groups excluding carboxylic acids is 5. The number of hydrogen-bond acceptors (Lipinski definition) is 12. The van der Waals surface area contributed by atoms with Gasteiger partial charge < -0.3 is 24.8 Å². The lowest BCUT2D eigenvalue weighted by Crippen LogP contribution is -2.54. The Labute approximate surface area is 377 Å². The zero-order valence-electron chi connectivity index (χ0n) is 35.1. The minimum Gasteiger partial charge on any atom is -0.457 e. The van der Waals surface area contributed by atoms with Crippen LogP contribution in [-0.2, 0) is 9.59 Å². The fraction of sp³-hybridized carbons (Fsp3) is 0.271. The first kappa shape index (κ1) is 41.8. The number of ether oxygens (including phenoxy) is 1. The van der Waals surface area contributed by atoms with E-state index in [-0.39, 0.29) is 46.2 Å². The van der Waals surface area contributed by atoms with E-state index in [1.807, 2.05) is 36.4 Å². The number of nitrogens with one attached hydrogen (secondary N) is 3. The molecule has 0 radical (unpaired) electrons. The van der Waals surface area contributed by atoms with E-state index in [2.05, 4.69) is 40.3 Å². The van der Waals surface area contributed by atoms with Gasteiger partial charge >= 0.3 is 0 Å². The molecule has 17 heteroatoms. The third-order valence-corrected chi connectivity index (χ3v) is 13.0. The summed E-state index contributed by atoms with van der Waals surface area (Å²) in [5.74, 6) is -0.839. The fourth-order valence-electron chi connectivity index (χ4n) is 9.29. The van der Waals surface area contributed by atoms with Gasteiger partial charge in [-0.3, -0.25) is 39.1 Å². The molecular formula is C48H43ClFN9O6. The number of nitrogens with zero attached hydrogens (tertiary/aromatic N) is 6. The van der Waals surface area contributed by atoms with Crippen molar-refractivity contribution >= 4 is 74.9 Å². The summed E-state index contributed by atoms with van der Waals surface area (Å²) in [5, 5.41) is 6.11. The Hall–Kier alpha value is -7.17. The predicted molar refractivity (Wildman–Crippen MR) is 242 cm³/mol. The second-order valence-electron chi connectivity index (χ2n) is 16.7. The van der Waals surface area contributed by atoms with E-state index in [0.717, 1.165) is 69.2 Å². The highest BCUT2D eigenvalue weighted by atomic mass is 35.5. The molecule has 3 saturated heterocycles. The number of benzene rings is 4. The lowest BCUT2D eigenvalue weighted by Gasteiger charge is -2.40. The van der Waals surface area contributed by atoms with Crippen molar-refractivity contribution in [3.8, 4) is 11.5 Å². The van der Waals surface area contributed by atoms with Gasteiger partial charge in [0.25, 0.3) is 11.8 Å². The van der Waals surface area contributed by atoms with Crippen LogP contribution in [0.15, 0.2) is 97.5 Å². The molecule has 0 bridgehead atoms. The minimum absolute atomic E-state index is 0.0731. The average molecular weight is 896 g/mol. The number of aromatic amines is 1. The zero-order chi connectivity index (χ0) is 44.8. The summed E-state index contributed by atoms with van der Waals surface area (Å²) < 4.78 is 21.7. The molecule has 6 heterocycles. The SMILES string of the molecule is O=C1CCC(N2C(=O)c3ccc(N4CCN(CC5CCN(c6ccc(Nc7ncnc8[nH]cc(C(=O)c9ccc(Oc%10ccccc%10)cc9Cl)c78)cc6F)CC5)CC4)cc3C2=O)C(=O)N1. The lowest BCUT2D eigenvalue weighted by molar-refractivity contribution is -0.136. The summed E-state index contributed by atoms with van der Waals surface area (Å²) in [6.45, 7) is 5.53. The van der Waals surface area contributed by atoms with Crippen LogP contribution in [0.5, 0.6) is 11.5 Å². The van der Waals surface area contributed by atoms with Crippen molar-refractivity contribution in [2.75, 3.05) is 60.9 Å². The monoisotopic (exact) mass is 895 g/mol. The maximum Gasteiger partial charge on any atom is 0.262 e. The van der Waals surface area contributed by atoms with Crippen LogP contribution >= 0.6 is 11.6 Å². The molecule has 4 aromatic carbocycles. The summed E-state index contributed by atoms with van der Waals surface area (Å²) in [6.07, 6.45) is 4.96. The molecular weight excluding hydrogens is 853 g/mol. The first-order valence-electron chi connectivity index (χ1n) is 21.6. The van der Waals surface area contributed by atoms with Crippen LogP contribution in [0.3, 0.4) is 0 Å². The molecule has 3 N–H and O–H groups in total. The molecule has 2 aromatic heterocycles. The van der Waals surface area contributed by atoms with Crippen molar-refractivity contribution in [3.05, 3.63) is 131 Å². The largest absolute Gasteiger partial charge is 0.457 e. The van der Waals surface area contributed by atoms with Gasteiger partial charge in [-0.1, -0.05) is 29.8 Å². The van der Waals surface area contributed by atoms with Crippen LogP contribution in [0, 0.1) is 11.7 Å². The van der Waals surface area contributed by atoms with Crippen LogP contribution in [-0.4, -0.2) is 106 Å². The van der Waals surface area contributed by atoms with Gasteiger partial charge in [-0.15, -0.1) is 0 Å². The number of piperazine rings is 1. The van der Waals surface area contributed by atoms with E-state index >= 15 is 4.39 Å². The second kappa shape index (κ2) is 17.4. The Kier molecular flexibility index (Phi) is 11.2. The van der Waals surface area contributed by atoms with Crippen molar-refractivity contribution in [1.82, 2.24) is 30.1 Å². The van der Waals surface area contributed by atoms with Gasteiger partial charge in [-0.25, -0.2) is 14.4 Å². The average Bonchev–Trinajstić information content (AvgIpc) is 3.86. The van der Waals surface area contributed by atoms with Gasteiger partial charge in [0.2, 0.25) is 11.8 Å². The highest BCUT2D eigenvalue weighted by Crippen LogP contribution is 2.35. The maximum atomic E-state index is 15.9. The molecule has 3 fully saturated rings. The van der Waals surface area contributed by atoms with Gasteiger partial charge in [0.15, 0.2) is 5.78 Å². The quantitative estimate of drug-likeness (QED) is 0.0904. The van der Waals surface area contributed by atoms with Crippen LogP contribution < -0.4 is 25.2 Å². The number of H-pyrrole nitrogens is 1. The van der Waals surface area contributed by atoms with Gasteiger partial charge in [-0.2, -0.15) is 0 Å². The number of amides is 4. The first-order valence-corrected chi connectivity index (χ1v) is 22.0. The zero-order valence-corrected chi connectivity index (χ0v) is 35.8. The Morgan fingerprint density at radius 1 is 0.800 bits per heavy atom. The molecule has 15 nitrogen and oxygen atoms in total. The number of anilines is 4. The van der Waals surface area contributed by atoms with E-state index in [4.69, 9.17) is 16.3 Å². The Bertz CT molecular complexity index is 2880. The Morgan fingerprint density at radius 2 is 1.58 bits per heavy atom. The van der Waals surface area contributed by atoms with E-state index in [1.54, 1.807) is 48.7 Å². The molecule has 65 heavy (non-hydrogen) atoms. The highest BCUT2D eigenvalue weighted by molar-refractivity contribution is 6.36. The number of ketones is 1. The number of imide groups is 2. The summed E-state index contributed by atoms with van der Waals surface area (Å²) >= 11 is 6.61. The molecule has 4 amide bonds. The molecule has 4 aliphatic heterocycles. The van der Waals surface area contributed by atoms with Crippen LogP contribution in [0.1, 0.15) is 62.3 Å². The van der Waals surface area contributed by atoms with Crippen molar-refractivity contribution in [2.45, 2.75) is 31.7 Å². The third-order valence-electron chi connectivity index (χ3n) is 12.7. The number of aromatic nitrogens is 3. The molecule has 1 unspecified atom stereocenters. The van der Waals surface area contributed by atoms with E-state index in [1.165, 1.54) is 12.4 Å². The van der Waals surface area contributed by atoms with Gasteiger partial charge in [-0.05, 0) is 85.8 Å². The molecule has 330 valence electrons. The minimum atomic E-state index is -0.997. The van der Waals surface area contributed by atoms with Crippen LogP contribution in [0.4, 0.5) is 27.3 Å². The summed E-state index contributed by atoms with van der Waals surface area (Å²) in [4.78, 5) is 84.0. The molecule has 4 aliphatic rings. The first-order chi connectivity index (χ1) is 31.6. The fourth-order valence-corrected chi connectivity index (χ4v) is 9.55. The highest BCUT2D eigenvalue weighted by Gasteiger charge is 2.45. The molecule has 0 spiro atoms. The number of rotatable bonds is 11. The number of para-hydroxylation sites is 1. The van der Waals surface area contributed by atoms with Crippen molar-refractivity contribution in [1.29, 1.82) is 0 Å². The molecule has 0 aliphatic carbocycles. The number of hydrogen-bond donors (Lipinski definition) is 3. The Morgan fingerprint density at radius 3 is 2.34 bits per heavy atom. The van der Waals surface area contributed by atoms with Gasteiger partial charge in [0.1, 0.15) is 41.2 Å². The third kappa shape index (κ3) is 8.26. The number of fused-ring (bicyclic) bond motifs is 2. The lowest BCUT2D eigenvalue weighted by atomic mass is 9.95. The number of piperidine rings is 2. The normalized spacial score (nSPS) is 18.3. The Balaban J connectivity index is 0.729. The van der Waals surface area contributed by atoms with E-state index in [0.29, 0.717) is 51.2 Å². The molecule has 1 atom stereocenters. The molecule has 0 saturated carbocycles. The van der Waals surface area contributed by atoms with E-state index in [9.17, 15) is 24.0 Å². The van der Waals surface area contributed by atoms with Crippen molar-refractivity contribution < 1.29 is 33.1 Å². The van der Waals surface area contributed by atoms with Crippen LogP contribution in [0.2, 0.25) is 5.02 Å². The molecule has 10 rings (SSSR count). The summed E-state index contributed by atoms with van der Waals surface area (Å²) in [7, 11) is 0. The second-order valence-corrected chi connectivity index (χ2v) is 17.1. The molecule has 6 aromatic rings. The topological polar surface area (TPSA) is 173 Å². The summed E-state index contributed by atoms with van der Waals surface area (Å²) in [6, 6.07) is 23.4. The smallest absolute Gasteiger partial charge is 0.262 e. The number of halogens is 2. The van der Waals surface area contributed by atoms with Gasteiger partial charge in [0, 0.05) is 81.4 Å². The van der Waals surface area contributed by atoms with Crippen molar-refractivity contribution in [3.63, 3.8) is 0 Å². The van der Waals surface area contributed by atoms with Crippen LogP contribution in [0.25, 0.3) is 11.0 Å². The van der Waals surface area contributed by atoms with Gasteiger partial charge in [0.05, 0.1) is 32.8 Å². The number of carbonyl (C=O) groups is 5. The predicted octanol–water partition coefficient (Wildman–Crippen LogP) is 6.96. The van der Waals surface area contributed by atoms with E-state index < -0.39 is 29.7 Å². The summed E-state index contributed by atoms with van der Waals surface area (Å²) in [5.41, 5.74) is 3.40. The standard InChI is InChI=1S/C48H43ClFN9O6/c49-37-24-32(65-31-4-2-1-3-5-31)8-10-34(37)43(61)36-25-51-44-42(36)45(53-27-52-44)54-29-6-11-39(38(50)22-29)58-16-14-28(15-17-58)26-56-18-20-57(21-19-56)30-7-9-33-35(23-30)48(64)59(47(33)63)40-12-13-41(60)55-46(40)62/h1-11,22-25,27-28,40H,12-21,26H2,(H,55,60,62)(H2,51,52,53,54). The maximum absolute atomic E-state index is 15.9.